The van der Waals surface area contributed by atoms with Crippen LogP contribution in [0, 0.1) is 0 Å². The molecule has 1 saturated heterocycles. The molecule has 1 aliphatic heterocycles. The summed E-state index contributed by atoms with van der Waals surface area (Å²) in [7, 11) is 0. The van der Waals surface area contributed by atoms with Gasteiger partial charge in [0.05, 0.1) is 17.3 Å². The highest BCUT2D eigenvalue weighted by atomic mass is 16.4. The summed E-state index contributed by atoms with van der Waals surface area (Å²) in [5, 5.41) is 21.7. The normalized spacial score (nSPS) is 26.0. The van der Waals surface area contributed by atoms with E-state index >= 15 is 0 Å². The molecular formula is C21H34N2O3. The molecule has 0 radical (unpaired) electrons. The van der Waals surface area contributed by atoms with Gasteiger partial charge in [-0.25, -0.2) is 4.79 Å². The van der Waals surface area contributed by atoms with E-state index in [0.717, 1.165) is 0 Å². The third-order valence-electron chi connectivity index (χ3n) is 5.81. The number of nitrogens with zero attached hydrogens (tertiary/aromatic N) is 2. The van der Waals surface area contributed by atoms with Crippen molar-refractivity contribution in [2.24, 2.45) is 0 Å². The first-order valence-corrected chi connectivity index (χ1v) is 9.50. The molecule has 1 aromatic rings. The minimum Gasteiger partial charge on any atom is -0.478 e. The zero-order chi connectivity index (χ0) is 20.0. The van der Waals surface area contributed by atoms with E-state index in [1.807, 2.05) is 13.8 Å². The second-order valence-corrected chi connectivity index (χ2v) is 8.69. The number of aromatic carboxylic acids is 1. The van der Waals surface area contributed by atoms with Crippen LogP contribution < -0.4 is 0 Å². The molecule has 2 atom stereocenters. The van der Waals surface area contributed by atoms with E-state index in [2.05, 4.69) is 51.3 Å². The molecule has 1 heterocycles. The van der Waals surface area contributed by atoms with Crippen molar-refractivity contribution in [2.75, 3.05) is 0 Å². The van der Waals surface area contributed by atoms with Crippen molar-refractivity contribution in [2.45, 2.75) is 90.8 Å². The summed E-state index contributed by atoms with van der Waals surface area (Å²) in [6, 6.07) is 7.48. The van der Waals surface area contributed by atoms with Gasteiger partial charge in [0.1, 0.15) is 5.60 Å². The quantitative estimate of drug-likeness (QED) is 0.811. The number of carbonyl (C=O) groups is 1. The van der Waals surface area contributed by atoms with Crippen LogP contribution in [0.5, 0.6) is 0 Å². The minimum atomic E-state index is -1.29. The van der Waals surface area contributed by atoms with Gasteiger partial charge in [0.2, 0.25) is 0 Å². The second-order valence-electron chi connectivity index (χ2n) is 8.69. The molecule has 1 aromatic carbocycles. The van der Waals surface area contributed by atoms with Gasteiger partial charge >= 0.3 is 5.97 Å². The fourth-order valence-corrected chi connectivity index (χ4v) is 4.87. The van der Waals surface area contributed by atoms with Gasteiger partial charge < -0.3 is 10.2 Å². The Kier molecular flexibility index (Phi) is 5.58. The van der Waals surface area contributed by atoms with Crippen molar-refractivity contribution in [1.82, 2.24) is 9.80 Å². The van der Waals surface area contributed by atoms with E-state index in [-0.39, 0.29) is 29.9 Å². The van der Waals surface area contributed by atoms with E-state index in [4.69, 9.17) is 0 Å². The Morgan fingerprint density at radius 1 is 1.08 bits per heavy atom. The summed E-state index contributed by atoms with van der Waals surface area (Å²) >= 11 is 0. The Bertz CT molecular complexity index is 648. The van der Waals surface area contributed by atoms with E-state index in [0.29, 0.717) is 5.56 Å². The molecule has 5 heteroatoms. The van der Waals surface area contributed by atoms with Crippen LogP contribution in [0.25, 0.3) is 0 Å². The van der Waals surface area contributed by atoms with Crippen molar-refractivity contribution in [3.63, 3.8) is 0 Å². The molecule has 26 heavy (non-hydrogen) atoms. The van der Waals surface area contributed by atoms with Crippen molar-refractivity contribution in [1.29, 1.82) is 0 Å². The van der Waals surface area contributed by atoms with Crippen molar-refractivity contribution < 1.29 is 15.0 Å². The fourth-order valence-electron chi connectivity index (χ4n) is 4.87. The van der Waals surface area contributed by atoms with E-state index in [1.54, 1.807) is 24.3 Å². The van der Waals surface area contributed by atoms with Gasteiger partial charge in [0.15, 0.2) is 0 Å². The fraction of sp³-hybridized carbons (Fsp3) is 0.667. The summed E-state index contributed by atoms with van der Waals surface area (Å²) in [6.07, 6.45) is -0.294. The van der Waals surface area contributed by atoms with Gasteiger partial charge in [0, 0.05) is 23.7 Å². The first-order valence-electron chi connectivity index (χ1n) is 9.50. The third kappa shape index (κ3) is 2.86. The smallest absolute Gasteiger partial charge is 0.336 e. The maximum absolute atomic E-state index is 12.0. The van der Waals surface area contributed by atoms with Crippen LogP contribution in [0.15, 0.2) is 24.3 Å². The van der Waals surface area contributed by atoms with Gasteiger partial charge in [-0.05, 0) is 61.5 Å². The van der Waals surface area contributed by atoms with E-state index in [1.165, 1.54) is 0 Å². The number of hydrogen-bond donors (Lipinski definition) is 2. The lowest BCUT2D eigenvalue weighted by Crippen LogP contribution is -2.86. The molecule has 0 aliphatic carbocycles. The summed E-state index contributed by atoms with van der Waals surface area (Å²) < 4.78 is 0. The standard InChI is InChI=1S/C21H34N2O3/c1-13(2)22(14(3)4)19-21(26,20(7,8)23(19)15(5)6)17-12-10-9-11-16(17)18(24)25/h9-15,19,26H,1-8H3,(H,24,25). The predicted molar refractivity (Wildman–Crippen MR) is 104 cm³/mol. The lowest BCUT2D eigenvalue weighted by atomic mass is 9.62. The lowest BCUT2D eigenvalue weighted by molar-refractivity contribution is -0.318. The number of benzene rings is 1. The molecule has 1 fully saturated rings. The van der Waals surface area contributed by atoms with E-state index in [9.17, 15) is 15.0 Å². The molecule has 0 spiro atoms. The van der Waals surface area contributed by atoms with Crippen LogP contribution in [-0.4, -0.2) is 55.8 Å². The highest BCUT2D eigenvalue weighted by Gasteiger charge is 2.69. The minimum absolute atomic E-state index is 0.170. The van der Waals surface area contributed by atoms with E-state index < -0.39 is 17.1 Å². The molecule has 0 aromatic heterocycles. The van der Waals surface area contributed by atoms with Gasteiger partial charge in [-0.2, -0.15) is 0 Å². The highest BCUT2D eigenvalue weighted by molar-refractivity contribution is 5.90. The molecule has 2 unspecified atom stereocenters. The number of rotatable bonds is 6. The maximum Gasteiger partial charge on any atom is 0.336 e. The second kappa shape index (κ2) is 6.95. The maximum atomic E-state index is 12.0. The van der Waals surface area contributed by atoms with Gasteiger partial charge in [-0.1, -0.05) is 18.2 Å². The van der Waals surface area contributed by atoms with Crippen LogP contribution in [0.4, 0.5) is 0 Å². The third-order valence-corrected chi connectivity index (χ3v) is 5.81. The van der Waals surface area contributed by atoms with Crippen LogP contribution in [-0.2, 0) is 5.60 Å². The monoisotopic (exact) mass is 362 g/mol. The molecule has 5 nitrogen and oxygen atoms in total. The molecule has 0 saturated carbocycles. The zero-order valence-corrected chi connectivity index (χ0v) is 17.3. The molecule has 2 rings (SSSR count). The van der Waals surface area contributed by atoms with Crippen molar-refractivity contribution >= 4 is 5.97 Å². The van der Waals surface area contributed by atoms with Gasteiger partial charge in [-0.3, -0.25) is 9.80 Å². The zero-order valence-electron chi connectivity index (χ0n) is 17.3. The Balaban J connectivity index is 2.72. The summed E-state index contributed by atoms with van der Waals surface area (Å²) in [5.74, 6) is -1.01. The molecular weight excluding hydrogens is 328 g/mol. The molecule has 2 N–H and O–H groups in total. The average Bonchev–Trinajstić information content (AvgIpc) is 2.52. The van der Waals surface area contributed by atoms with Crippen molar-refractivity contribution in [3.8, 4) is 0 Å². The SMILES string of the molecule is CC(C)N(C(C)C)C1N(C(C)C)C(C)(C)C1(O)c1ccccc1C(=O)O. The van der Waals surface area contributed by atoms with Crippen molar-refractivity contribution in [3.05, 3.63) is 35.4 Å². The number of carboxylic acid groups (broad SMARTS) is 1. The first-order chi connectivity index (χ1) is 11.9. The van der Waals surface area contributed by atoms with Crippen LogP contribution in [0.3, 0.4) is 0 Å². The Hall–Kier alpha value is -1.43. The number of carboxylic acids is 1. The van der Waals surface area contributed by atoms with Crippen LogP contribution in [0.1, 0.15) is 71.3 Å². The Morgan fingerprint density at radius 2 is 1.58 bits per heavy atom. The molecule has 0 amide bonds. The van der Waals surface area contributed by atoms with Crippen LogP contribution in [0.2, 0.25) is 0 Å². The average molecular weight is 363 g/mol. The topological polar surface area (TPSA) is 64.0 Å². The summed E-state index contributed by atoms with van der Waals surface area (Å²) in [5.41, 5.74) is -1.23. The summed E-state index contributed by atoms with van der Waals surface area (Å²) in [4.78, 5) is 16.4. The molecule has 146 valence electrons. The van der Waals surface area contributed by atoms with Crippen LogP contribution >= 0.6 is 0 Å². The molecule has 0 bridgehead atoms. The number of hydrogen-bond acceptors (Lipinski definition) is 4. The molecule has 1 aliphatic rings. The first kappa shape index (κ1) is 20.9. The Labute approximate surface area is 157 Å². The Morgan fingerprint density at radius 3 is 2.00 bits per heavy atom. The lowest BCUT2D eigenvalue weighted by Gasteiger charge is -2.71. The largest absolute Gasteiger partial charge is 0.478 e. The summed E-state index contributed by atoms with van der Waals surface area (Å²) in [6.45, 7) is 16.7. The number of aliphatic hydroxyl groups is 1. The predicted octanol–water partition coefficient (Wildman–Crippen LogP) is 3.52. The number of likely N-dealkylation sites (tertiary alicyclic amines) is 1. The van der Waals surface area contributed by atoms with Gasteiger partial charge in [0.25, 0.3) is 0 Å². The highest BCUT2D eigenvalue weighted by Crippen LogP contribution is 2.55. The van der Waals surface area contributed by atoms with Gasteiger partial charge in [-0.15, -0.1) is 0 Å².